The van der Waals surface area contributed by atoms with Crippen LogP contribution in [0.25, 0.3) is 10.1 Å². The molecule has 0 unspecified atom stereocenters. The molecule has 1 N–H and O–H groups in total. The summed E-state index contributed by atoms with van der Waals surface area (Å²) in [4.78, 5) is 0. The first-order valence-electron chi connectivity index (χ1n) is 6.11. The van der Waals surface area contributed by atoms with Crippen molar-refractivity contribution in [1.29, 1.82) is 0 Å². The summed E-state index contributed by atoms with van der Waals surface area (Å²) in [7, 11) is 1.98. The maximum absolute atomic E-state index is 3.17. The van der Waals surface area contributed by atoms with Crippen LogP contribution in [0, 0.1) is 0 Å². The third kappa shape index (κ3) is 2.19. The second-order valence-corrected chi connectivity index (χ2v) is 5.39. The summed E-state index contributed by atoms with van der Waals surface area (Å²) in [6.45, 7) is 1.88. The number of hydrogen-bond acceptors (Lipinski definition) is 2. The van der Waals surface area contributed by atoms with Crippen molar-refractivity contribution in [2.24, 2.45) is 0 Å². The van der Waals surface area contributed by atoms with Gasteiger partial charge in [-0.2, -0.15) is 0 Å². The van der Waals surface area contributed by atoms with E-state index >= 15 is 0 Å². The lowest BCUT2D eigenvalue weighted by atomic mass is 10.2. The molecule has 2 nitrogen and oxygen atoms in total. The van der Waals surface area contributed by atoms with Gasteiger partial charge in [0.25, 0.3) is 0 Å². The summed E-state index contributed by atoms with van der Waals surface area (Å²) in [6, 6.07) is 10.8. The summed E-state index contributed by atoms with van der Waals surface area (Å²) in [5.74, 6) is 0. The molecule has 92 valence electrons. The van der Waals surface area contributed by atoms with E-state index in [4.69, 9.17) is 0 Å². The highest BCUT2D eigenvalue weighted by atomic mass is 32.1. The van der Waals surface area contributed by atoms with Gasteiger partial charge < -0.3 is 9.88 Å². The zero-order valence-corrected chi connectivity index (χ0v) is 11.2. The summed E-state index contributed by atoms with van der Waals surface area (Å²) < 4.78 is 3.62. The van der Waals surface area contributed by atoms with Crippen molar-refractivity contribution in [2.45, 2.75) is 13.1 Å². The topological polar surface area (TPSA) is 17.0 Å². The van der Waals surface area contributed by atoms with E-state index in [2.05, 4.69) is 58.0 Å². The molecule has 0 bridgehead atoms. The Morgan fingerprint density at radius 3 is 3.00 bits per heavy atom. The second-order valence-electron chi connectivity index (χ2n) is 4.48. The molecule has 0 fully saturated rings. The Kier molecular flexibility index (Phi) is 3.17. The molecule has 2 heterocycles. The van der Waals surface area contributed by atoms with E-state index in [-0.39, 0.29) is 0 Å². The first-order valence-corrected chi connectivity index (χ1v) is 6.99. The minimum Gasteiger partial charge on any atom is -0.350 e. The molecular formula is C15H16N2S. The SMILES string of the molecule is CNCc1ccn(Cc2csc3ccccc23)c1. The van der Waals surface area contributed by atoms with Gasteiger partial charge in [0.2, 0.25) is 0 Å². The Morgan fingerprint density at radius 2 is 2.11 bits per heavy atom. The molecule has 0 saturated heterocycles. The van der Waals surface area contributed by atoms with Gasteiger partial charge in [0.05, 0.1) is 0 Å². The highest BCUT2D eigenvalue weighted by molar-refractivity contribution is 7.17. The van der Waals surface area contributed by atoms with E-state index in [9.17, 15) is 0 Å². The molecule has 3 heteroatoms. The third-order valence-corrected chi connectivity index (χ3v) is 4.12. The summed E-state index contributed by atoms with van der Waals surface area (Å²) in [6.07, 6.45) is 4.36. The Morgan fingerprint density at radius 1 is 1.22 bits per heavy atom. The van der Waals surface area contributed by atoms with Gasteiger partial charge in [-0.1, -0.05) is 18.2 Å². The molecule has 3 rings (SSSR count). The first kappa shape index (κ1) is 11.5. The third-order valence-electron chi connectivity index (χ3n) is 3.11. The normalized spacial score (nSPS) is 11.2. The van der Waals surface area contributed by atoms with E-state index in [1.54, 1.807) is 0 Å². The molecule has 2 aromatic heterocycles. The zero-order valence-electron chi connectivity index (χ0n) is 10.4. The van der Waals surface area contributed by atoms with Crippen LogP contribution in [0.15, 0.2) is 48.1 Å². The monoisotopic (exact) mass is 256 g/mol. The van der Waals surface area contributed by atoms with Crippen LogP contribution in [0.5, 0.6) is 0 Å². The maximum Gasteiger partial charge on any atom is 0.0484 e. The number of hydrogen-bond donors (Lipinski definition) is 1. The highest BCUT2D eigenvalue weighted by Gasteiger charge is 2.04. The molecule has 0 saturated carbocycles. The fourth-order valence-electron chi connectivity index (χ4n) is 2.25. The van der Waals surface area contributed by atoms with E-state index in [0.29, 0.717) is 0 Å². The van der Waals surface area contributed by atoms with Crippen LogP contribution >= 0.6 is 11.3 Å². The van der Waals surface area contributed by atoms with Crippen LogP contribution in [-0.4, -0.2) is 11.6 Å². The summed E-state index contributed by atoms with van der Waals surface area (Å²) >= 11 is 1.82. The van der Waals surface area contributed by atoms with Gasteiger partial charge in [0.15, 0.2) is 0 Å². The number of fused-ring (bicyclic) bond motifs is 1. The molecule has 1 aromatic carbocycles. The zero-order chi connectivity index (χ0) is 12.4. The van der Waals surface area contributed by atoms with Crippen LogP contribution in [0.3, 0.4) is 0 Å². The Balaban J connectivity index is 1.87. The van der Waals surface area contributed by atoms with Gasteiger partial charge in [0.1, 0.15) is 0 Å². The fourth-order valence-corrected chi connectivity index (χ4v) is 3.20. The van der Waals surface area contributed by atoms with Gasteiger partial charge in [-0.25, -0.2) is 0 Å². The van der Waals surface area contributed by atoms with Crippen molar-refractivity contribution in [3.8, 4) is 0 Å². The average Bonchev–Trinajstić information content (AvgIpc) is 2.99. The van der Waals surface area contributed by atoms with E-state index in [1.807, 2.05) is 18.4 Å². The number of rotatable bonds is 4. The number of nitrogens with one attached hydrogen (secondary N) is 1. The van der Waals surface area contributed by atoms with Crippen molar-refractivity contribution in [3.63, 3.8) is 0 Å². The summed E-state index contributed by atoms with van der Waals surface area (Å²) in [5, 5.41) is 6.82. The largest absolute Gasteiger partial charge is 0.350 e. The Hall–Kier alpha value is -1.58. The lowest BCUT2D eigenvalue weighted by Crippen LogP contribution is -2.04. The molecule has 0 aliphatic carbocycles. The summed E-state index contributed by atoms with van der Waals surface area (Å²) in [5.41, 5.74) is 2.74. The fraction of sp³-hybridized carbons (Fsp3) is 0.200. The van der Waals surface area contributed by atoms with Crippen LogP contribution < -0.4 is 5.32 Å². The first-order chi connectivity index (χ1) is 8.86. The van der Waals surface area contributed by atoms with Gasteiger partial charge >= 0.3 is 0 Å². The van der Waals surface area contributed by atoms with E-state index in [1.165, 1.54) is 21.2 Å². The van der Waals surface area contributed by atoms with Crippen molar-refractivity contribution >= 4 is 21.4 Å². The van der Waals surface area contributed by atoms with E-state index < -0.39 is 0 Å². The smallest absolute Gasteiger partial charge is 0.0484 e. The van der Waals surface area contributed by atoms with Gasteiger partial charge in [-0.15, -0.1) is 11.3 Å². The number of aromatic nitrogens is 1. The van der Waals surface area contributed by atoms with Crippen molar-refractivity contribution in [1.82, 2.24) is 9.88 Å². The van der Waals surface area contributed by atoms with Crippen LogP contribution in [0.1, 0.15) is 11.1 Å². The lowest BCUT2D eigenvalue weighted by Gasteiger charge is -2.02. The van der Waals surface area contributed by atoms with Crippen LogP contribution in [-0.2, 0) is 13.1 Å². The maximum atomic E-state index is 3.17. The number of thiophene rings is 1. The minimum absolute atomic E-state index is 0.928. The molecule has 0 radical (unpaired) electrons. The molecular weight excluding hydrogens is 240 g/mol. The number of benzene rings is 1. The van der Waals surface area contributed by atoms with Crippen LogP contribution in [0.4, 0.5) is 0 Å². The predicted octanol–water partition coefficient (Wildman–Crippen LogP) is 3.47. The molecule has 0 atom stereocenters. The molecule has 0 aliphatic rings. The predicted molar refractivity (Wildman–Crippen MR) is 78.1 cm³/mol. The highest BCUT2D eigenvalue weighted by Crippen LogP contribution is 2.26. The lowest BCUT2D eigenvalue weighted by molar-refractivity contribution is 0.787. The Bertz CT molecular complexity index is 651. The van der Waals surface area contributed by atoms with Crippen molar-refractivity contribution in [3.05, 3.63) is 59.2 Å². The quantitative estimate of drug-likeness (QED) is 0.756. The molecule has 18 heavy (non-hydrogen) atoms. The average molecular weight is 256 g/mol. The number of nitrogens with zero attached hydrogens (tertiary/aromatic N) is 1. The minimum atomic E-state index is 0.928. The molecule has 0 spiro atoms. The van der Waals surface area contributed by atoms with Crippen molar-refractivity contribution < 1.29 is 0 Å². The van der Waals surface area contributed by atoms with Gasteiger partial charge in [-0.3, -0.25) is 0 Å². The molecule has 0 amide bonds. The Labute approximate surface area is 111 Å². The van der Waals surface area contributed by atoms with Crippen molar-refractivity contribution in [2.75, 3.05) is 7.05 Å². The van der Waals surface area contributed by atoms with Gasteiger partial charge in [0, 0.05) is 30.2 Å². The molecule has 3 aromatic rings. The second kappa shape index (κ2) is 4.96. The van der Waals surface area contributed by atoms with Gasteiger partial charge in [-0.05, 0) is 41.1 Å². The standard InChI is InChI=1S/C15H16N2S/c1-16-8-12-6-7-17(9-12)10-13-11-18-15-5-3-2-4-14(13)15/h2-7,9,11,16H,8,10H2,1H3. The molecule has 0 aliphatic heterocycles. The van der Waals surface area contributed by atoms with E-state index in [0.717, 1.165) is 13.1 Å². The van der Waals surface area contributed by atoms with Crippen LogP contribution in [0.2, 0.25) is 0 Å².